The Labute approximate surface area is 146 Å². The summed E-state index contributed by atoms with van der Waals surface area (Å²) < 4.78 is 14.9. The van der Waals surface area contributed by atoms with Gasteiger partial charge in [0.05, 0.1) is 16.6 Å². The summed E-state index contributed by atoms with van der Waals surface area (Å²) >= 11 is 0. The molecule has 0 N–H and O–H groups in total. The summed E-state index contributed by atoms with van der Waals surface area (Å²) in [4.78, 5) is 20.1. The molecule has 0 aliphatic carbocycles. The number of nitrogens with zero attached hydrogens (tertiary/aromatic N) is 3. The first kappa shape index (κ1) is 17.1. The Bertz CT molecular complexity index is 937. The average molecular weight is 339 g/mol. The first-order valence-corrected chi connectivity index (χ1v) is 8.46. The van der Waals surface area contributed by atoms with Gasteiger partial charge in [0.15, 0.2) is 0 Å². The second-order valence-electron chi connectivity index (χ2n) is 6.64. The van der Waals surface area contributed by atoms with Gasteiger partial charge in [-0.25, -0.2) is 13.9 Å². The van der Waals surface area contributed by atoms with Crippen molar-refractivity contribution in [2.24, 2.45) is 0 Å². The maximum Gasteiger partial charge on any atom is 0.267 e. The maximum absolute atomic E-state index is 13.4. The highest BCUT2D eigenvalue weighted by atomic mass is 19.1. The Kier molecular flexibility index (Phi) is 4.57. The molecule has 0 radical (unpaired) electrons. The quantitative estimate of drug-likeness (QED) is 0.717. The Hall–Kier alpha value is -2.69. The third-order valence-corrected chi connectivity index (χ3v) is 4.19. The third-order valence-electron chi connectivity index (χ3n) is 4.19. The van der Waals surface area contributed by atoms with Crippen LogP contribution >= 0.6 is 0 Å². The van der Waals surface area contributed by atoms with E-state index in [1.807, 2.05) is 18.2 Å². The minimum absolute atomic E-state index is 0.153. The van der Waals surface area contributed by atoms with Gasteiger partial charge in [0.1, 0.15) is 5.82 Å². The molecule has 0 aliphatic heterocycles. The summed E-state index contributed by atoms with van der Waals surface area (Å²) in [7, 11) is 0. The van der Waals surface area contributed by atoms with Crippen LogP contribution in [0, 0.1) is 5.82 Å². The van der Waals surface area contributed by atoms with Crippen molar-refractivity contribution in [3.63, 3.8) is 0 Å². The van der Waals surface area contributed by atoms with Crippen molar-refractivity contribution in [2.75, 3.05) is 4.90 Å². The fraction of sp³-hybridized carbons (Fsp3) is 0.300. The molecule has 1 heterocycles. The topological polar surface area (TPSA) is 38.1 Å². The minimum Gasteiger partial charge on any atom is -0.337 e. The summed E-state index contributed by atoms with van der Waals surface area (Å²) in [6, 6.07) is 13.5. The van der Waals surface area contributed by atoms with E-state index in [4.69, 9.17) is 4.98 Å². The van der Waals surface area contributed by atoms with Crippen LogP contribution in [0.5, 0.6) is 0 Å². The number of anilines is 1. The lowest BCUT2D eigenvalue weighted by Crippen LogP contribution is -2.41. The molecule has 0 amide bonds. The van der Waals surface area contributed by atoms with Gasteiger partial charge < -0.3 is 4.90 Å². The van der Waals surface area contributed by atoms with Crippen molar-refractivity contribution in [2.45, 2.75) is 39.8 Å². The van der Waals surface area contributed by atoms with E-state index in [1.165, 1.54) is 12.1 Å². The Morgan fingerprint density at radius 2 is 1.56 bits per heavy atom. The van der Waals surface area contributed by atoms with E-state index in [0.29, 0.717) is 22.5 Å². The van der Waals surface area contributed by atoms with Crippen molar-refractivity contribution in [3.05, 3.63) is 64.7 Å². The molecule has 5 heteroatoms. The number of hydrogen-bond donors (Lipinski definition) is 0. The highest BCUT2D eigenvalue weighted by molar-refractivity contribution is 5.79. The SMILES string of the molecule is CC(C)N(c1nc2ccccc2c(=O)n1-c1ccc(F)cc1)C(C)C. The van der Waals surface area contributed by atoms with Crippen LogP contribution < -0.4 is 10.5 Å². The number of hydrogen-bond acceptors (Lipinski definition) is 3. The molecule has 0 spiro atoms. The Morgan fingerprint density at radius 1 is 0.960 bits per heavy atom. The summed E-state index contributed by atoms with van der Waals surface area (Å²) in [6.45, 7) is 8.26. The Balaban J connectivity index is 2.39. The molecule has 4 nitrogen and oxygen atoms in total. The second-order valence-corrected chi connectivity index (χ2v) is 6.64. The van der Waals surface area contributed by atoms with Crippen LogP contribution in [0.15, 0.2) is 53.3 Å². The van der Waals surface area contributed by atoms with Gasteiger partial charge in [-0.3, -0.25) is 4.79 Å². The lowest BCUT2D eigenvalue weighted by atomic mass is 10.2. The second kappa shape index (κ2) is 6.67. The minimum atomic E-state index is -0.336. The summed E-state index contributed by atoms with van der Waals surface area (Å²) in [5.41, 5.74) is 1.11. The zero-order chi connectivity index (χ0) is 18.1. The van der Waals surface area contributed by atoms with Gasteiger partial charge in [-0.1, -0.05) is 12.1 Å². The van der Waals surface area contributed by atoms with Crippen LogP contribution in [-0.2, 0) is 0 Å². The van der Waals surface area contributed by atoms with Crippen molar-refractivity contribution in [3.8, 4) is 5.69 Å². The van der Waals surface area contributed by atoms with Gasteiger partial charge >= 0.3 is 0 Å². The summed E-state index contributed by atoms with van der Waals surface area (Å²) in [6.07, 6.45) is 0. The molecule has 0 bridgehead atoms. The van der Waals surface area contributed by atoms with Crippen LogP contribution in [0.2, 0.25) is 0 Å². The fourth-order valence-electron chi connectivity index (χ4n) is 3.18. The van der Waals surface area contributed by atoms with E-state index in [9.17, 15) is 9.18 Å². The molecule has 0 fully saturated rings. The number of halogens is 1. The molecule has 3 rings (SSSR count). The monoisotopic (exact) mass is 339 g/mol. The van der Waals surface area contributed by atoms with Crippen LogP contribution in [-0.4, -0.2) is 21.6 Å². The molecule has 3 aromatic rings. The molecule has 0 unspecified atom stereocenters. The maximum atomic E-state index is 13.4. The van der Waals surface area contributed by atoms with E-state index >= 15 is 0 Å². The molecule has 25 heavy (non-hydrogen) atoms. The number of para-hydroxylation sites is 1. The van der Waals surface area contributed by atoms with Crippen LogP contribution in [0.25, 0.3) is 16.6 Å². The first-order chi connectivity index (χ1) is 11.9. The lowest BCUT2D eigenvalue weighted by molar-refractivity contribution is 0.582. The standard InChI is InChI=1S/C20H22FN3O/c1-13(2)23(14(3)4)20-22-18-8-6-5-7-17(18)19(25)24(20)16-11-9-15(21)10-12-16/h5-14H,1-4H3. The zero-order valence-electron chi connectivity index (χ0n) is 14.9. The predicted molar refractivity (Wildman–Crippen MR) is 100 cm³/mol. The molecule has 2 aromatic carbocycles. The first-order valence-electron chi connectivity index (χ1n) is 8.46. The predicted octanol–water partition coefficient (Wildman–Crippen LogP) is 4.15. The third kappa shape index (κ3) is 3.14. The number of benzene rings is 2. The van der Waals surface area contributed by atoms with E-state index in [2.05, 4.69) is 32.6 Å². The van der Waals surface area contributed by atoms with E-state index in [-0.39, 0.29) is 23.5 Å². The van der Waals surface area contributed by atoms with E-state index in [1.54, 1.807) is 22.8 Å². The molecule has 130 valence electrons. The van der Waals surface area contributed by atoms with Crippen molar-refractivity contribution in [1.29, 1.82) is 0 Å². The molecule has 0 saturated heterocycles. The highest BCUT2D eigenvalue weighted by Crippen LogP contribution is 2.23. The molecule has 0 atom stereocenters. The van der Waals surface area contributed by atoms with E-state index in [0.717, 1.165) is 0 Å². The van der Waals surface area contributed by atoms with Crippen LogP contribution in [0.4, 0.5) is 10.3 Å². The van der Waals surface area contributed by atoms with Crippen molar-refractivity contribution in [1.82, 2.24) is 9.55 Å². The number of fused-ring (bicyclic) bond motifs is 1. The van der Waals surface area contributed by atoms with Crippen molar-refractivity contribution < 1.29 is 4.39 Å². The van der Waals surface area contributed by atoms with Gasteiger partial charge in [0.2, 0.25) is 5.95 Å². The molecule has 0 aliphatic rings. The van der Waals surface area contributed by atoms with Gasteiger partial charge in [0.25, 0.3) is 5.56 Å². The van der Waals surface area contributed by atoms with Crippen molar-refractivity contribution >= 4 is 16.9 Å². The highest BCUT2D eigenvalue weighted by Gasteiger charge is 2.22. The fourth-order valence-corrected chi connectivity index (χ4v) is 3.18. The van der Waals surface area contributed by atoms with Gasteiger partial charge in [-0.05, 0) is 64.1 Å². The average Bonchev–Trinajstić information content (AvgIpc) is 2.56. The molecular weight excluding hydrogens is 317 g/mol. The normalized spacial score (nSPS) is 11.5. The number of aromatic nitrogens is 2. The van der Waals surface area contributed by atoms with Gasteiger partial charge in [0, 0.05) is 12.1 Å². The molecular formula is C20H22FN3O. The molecule has 0 saturated carbocycles. The summed E-state index contributed by atoms with van der Waals surface area (Å²) in [5.74, 6) is 0.233. The van der Waals surface area contributed by atoms with Crippen LogP contribution in [0.1, 0.15) is 27.7 Å². The zero-order valence-corrected chi connectivity index (χ0v) is 14.9. The van der Waals surface area contributed by atoms with E-state index < -0.39 is 0 Å². The van der Waals surface area contributed by atoms with Gasteiger partial charge in [-0.2, -0.15) is 0 Å². The van der Waals surface area contributed by atoms with Gasteiger partial charge in [-0.15, -0.1) is 0 Å². The Morgan fingerprint density at radius 3 is 2.16 bits per heavy atom. The largest absolute Gasteiger partial charge is 0.337 e. The number of rotatable bonds is 4. The van der Waals surface area contributed by atoms with Crippen LogP contribution in [0.3, 0.4) is 0 Å². The smallest absolute Gasteiger partial charge is 0.267 e. The lowest BCUT2D eigenvalue weighted by Gasteiger charge is -2.33. The molecule has 1 aromatic heterocycles. The summed E-state index contributed by atoms with van der Waals surface area (Å²) in [5, 5.41) is 0.544.